The van der Waals surface area contributed by atoms with Crippen LogP contribution in [0.5, 0.6) is 0 Å². The van der Waals surface area contributed by atoms with Crippen LogP contribution < -0.4 is 16.0 Å². The molecule has 0 aromatic carbocycles. The fraction of sp³-hybridized carbons (Fsp3) is 0.450. The number of fused-ring (bicyclic) bond motifs is 3. The summed E-state index contributed by atoms with van der Waals surface area (Å²) in [6, 6.07) is 4.52. The van der Waals surface area contributed by atoms with Gasteiger partial charge in [0.2, 0.25) is 5.91 Å². The van der Waals surface area contributed by atoms with Crippen molar-refractivity contribution in [2.24, 2.45) is 0 Å². The lowest BCUT2D eigenvalue weighted by Gasteiger charge is -2.40. The number of aromatic nitrogens is 1. The standard InChI is InChI=1S/C20H24N6O3/c27-18(22-12-20(29)7-8-20)14-4-5-15-17(23-14)26(13-6-10-25(15)11-13)19(28)24-16-3-1-2-9-21-16/h1-5,9,13-14,23,29H,6-8,10-12H2,(H,22,27)(H,21,24,28)/t13-,14?/m0/s1. The molecule has 1 unspecified atom stereocenters. The highest BCUT2D eigenvalue weighted by Gasteiger charge is 2.43. The second-order valence-corrected chi connectivity index (χ2v) is 8.06. The third kappa shape index (κ3) is 3.42. The SMILES string of the molecule is O=C(NCC1(O)CC1)C1C=CC2=C(N1)N(C(=O)Nc1ccccn1)[C@H]1CCN2C1. The number of pyridine rings is 1. The fourth-order valence-electron chi connectivity index (χ4n) is 4.05. The summed E-state index contributed by atoms with van der Waals surface area (Å²) in [7, 11) is 0. The zero-order chi connectivity index (χ0) is 20.0. The Morgan fingerprint density at radius 1 is 1.34 bits per heavy atom. The molecule has 1 aromatic heterocycles. The van der Waals surface area contributed by atoms with Gasteiger partial charge >= 0.3 is 6.03 Å². The van der Waals surface area contributed by atoms with E-state index in [0.717, 1.165) is 25.2 Å². The highest BCUT2D eigenvalue weighted by molar-refractivity contribution is 5.91. The summed E-state index contributed by atoms with van der Waals surface area (Å²) in [6.45, 7) is 1.89. The normalized spacial score (nSPS) is 26.0. The van der Waals surface area contributed by atoms with Crippen LogP contribution in [0, 0.1) is 0 Å². The molecule has 0 radical (unpaired) electrons. The Kier molecular flexibility index (Phi) is 4.20. The summed E-state index contributed by atoms with van der Waals surface area (Å²) in [5.41, 5.74) is 0.169. The molecule has 1 saturated heterocycles. The Bertz CT molecular complexity index is 895. The molecule has 9 nitrogen and oxygen atoms in total. The summed E-state index contributed by atoms with van der Waals surface area (Å²) >= 11 is 0. The molecular formula is C20H24N6O3. The van der Waals surface area contributed by atoms with Gasteiger partial charge in [0.05, 0.1) is 17.3 Å². The van der Waals surface area contributed by atoms with Crippen molar-refractivity contribution < 1.29 is 14.7 Å². The van der Waals surface area contributed by atoms with Crippen LogP contribution in [0.3, 0.4) is 0 Å². The van der Waals surface area contributed by atoms with Crippen LogP contribution in [0.15, 0.2) is 48.1 Å². The van der Waals surface area contributed by atoms with Crippen LogP contribution in [0.2, 0.25) is 0 Å². The molecule has 5 rings (SSSR count). The van der Waals surface area contributed by atoms with E-state index in [9.17, 15) is 14.7 Å². The first-order chi connectivity index (χ1) is 14.0. The number of nitrogens with one attached hydrogen (secondary N) is 3. The van der Waals surface area contributed by atoms with Gasteiger partial charge in [-0.15, -0.1) is 0 Å². The Balaban J connectivity index is 1.34. The number of rotatable bonds is 4. The number of carbonyl (C=O) groups excluding carboxylic acids is 2. The smallest absolute Gasteiger partial charge is 0.328 e. The third-order valence-electron chi connectivity index (χ3n) is 5.91. The van der Waals surface area contributed by atoms with Gasteiger partial charge in [0, 0.05) is 25.8 Å². The molecule has 0 spiro atoms. The highest BCUT2D eigenvalue weighted by atomic mass is 16.3. The van der Waals surface area contributed by atoms with Crippen molar-refractivity contribution in [3.8, 4) is 0 Å². The molecule has 2 fully saturated rings. The number of anilines is 1. The molecule has 4 aliphatic rings. The van der Waals surface area contributed by atoms with Crippen molar-refractivity contribution in [2.75, 3.05) is 25.0 Å². The van der Waals surface area contributed by atoms with Gasteiger partial charge < -0.3 is 20.6 Å². The maximum absolute atomic E-state index is 13.1. The summed E-state index contributed by atoms with van der Waals surface area (Å²) in [5, 5.41) is 18.8. The minimum absolute atomic E-state index is 0.0346. The maximum Gasteiger partial charge on any atom is 0.328 e. The number of amides is 3. The van der Waals surface area contributed by atoms with Crippen molar-refractivity contribution in [1.82, 2.24) is 25.4 Å². The van der Waals surface area contributed by atoms with E-state index in [4.69, 9.17) is 0 Å². The predicted molar refractivity (Wildman–Crippen MR) is 105 cm³/mol. The van der Waals surface area contributed by atoms with Crippen molar-refractivity contribution in [3.05, 3.63) is 48.1 Å². The van der Waals surface area contributed by atoms with Crippen LogP contribution in [-0.4, -0.2) is 69.1 Å². The molecular weight excluding hydrogens is 372 g/mol. The van der Waals surface area contributed by atoms with Gasteiger partial charge in [-0.25, -0.2) is 9.78 Å². The van der Waals surface area contributed by atoms with E-state index in [0.29, 0.717) is 24.5 Å². The van der Waals surface area contributed by atoms with Crippen LogP contribution in [-0.2, 0) is 4.79 Å². The Hall–Kier alpha value is -3.07. The third-order valence-corrected chi connectivity index (χ3v) is 5.91. The predicted octanol–water partition coefficient (Wildman–Crippen LogP) is 0.342. The van der Waals surface area contributed by atoms with Crippen LogP contribution in [0.1, 0.15) is 19.3 Å². The van der Waals surface area contributed by atoms with Gasteiger partial charge in [0.1, 0.15) is 17.7 Å². The van der Waals surface area contributed by atoms with Crippen LogP contribution in [0.4, 0.5) is 10.6 Å². The molecule has 2 atom stereocenters. The minimum atomic E-state index is -0.747. The summed E-state index contributed by atoms with van der Waals surface area (Å²) in [4.78, 5) is 33.8. The van der Waals surface area contributed by atoms with E-state index < -0.39 is 11.6 Å². The summed E-state index contributed by atoms with van der Waals surface area (Å²) < 4.78 is 0. The Morgan fingerprint density at radius 3 is 2.97 bits per heavy atom. The first-order valence-corrected chi connectivity index (χ1v) is 9.98. The zero-order valence-corrected chi connectivity index (χ0v) is 16.0. The first-order valence-electron chi connectivity index (χ1n) is 9.98. The topological polar surface area (TPSA) is 110 Å². The largest absolute Gasteiger partial charge is 0.388 e. The van der Waals surface area contributed by atoms with Crippen LogP contribution >= 0.6 is 0 Å². The quantitative estimate of drug-likeness (QED) is 0.584. The van der Waals surface area contributed by atoms with E-state index in [2.05, 4.69) is 25.8 Å². The van der Waals surface area contributed by atoms with Crippen molar-refractivity contribution in [1.29, 1.82) is 0 Å². The van der Waals surface area contributed by atoms with Crippen molar-refractivity contribution in [2.45, 2.75) is 36.9 Å². The van der Waals surface area contributed by atoms with Gasteiger partial charge in [0.15, 0.2) is 0 Å². The lowest BCUT2D eigenvalue weighted by atomic mass is 10.1. The summed E-state index contributed by atoms with van der Waals surface area (Å²) in [5.74, 6) is 0.907. The second kappa shape index (κ2) is 6.77. The fourth-order valence-corrected chi connectivity index (χ4v) is 4.05. The maximum atomic E-state index is 13.1. The number of carbonyl (C=O) groups is 2. The molecule has 3 amide bonds. The monoisotopic (exact) mass is 396 g/mol. The number of dihydropyridines is 1. The molecule has 1 aliphatic carbocycles. The van der Waals surface area contributed by atoms with E-state index in [1.807, 2.05) is 12.1 Å². The van der Waals surface area contributed by atoms with Crippen molar-refractivity contribution >= 4 is 17.8 Å². The average molecular weight is 396 g/mol. The number of allylic oxidation sites excluding steroid dienone is 1. The summed E-state index contributed by atoms with van der Waals surface area (Å²) in [6.07, 6.45) is 7.64. The Morgan fingerprint density at radius 2 is 2.21 bits per heavy atom. The number of nitrogens with zero attached hydrogens (tertiary/aromatic N) is 3. The molecule has 9 heteroatoms. The van der Waals surface area contributed by atoms with Gasteiger partial charge in [-0.3, -0.25) is 15.0 Å². The zero-order valence-electron chi connectivity index (χ0n) is 16.0. The highest BCUT2D eigenvalue weighted by Crippen LogP contribution is 2.35. The number of urea groups is 1. The minimum Gasteiger partial charge on any atom is -0.388 e. The van der Waals surface area contributed by atoms with Gasteiger partial charge in [-0.2, -0.15) is 0 Å². The van der Waals surface area contributed by atoms with Crippen LogP contribution in [0.25, 0.3) is 0 Å². The average Bonchev–Trinajstić information content (AvgIpc) is 3.33. The van der Waals surface area contributed by atoms with Gasteiger partial charge in [-0.05, 0) is 37.5 Å². The molecule has 4 heterocycles. The van der Waals surface area contributed by atoms with Crippen molar-refractivity contribution in [3.63, 3.8) is 0 Å². The molecule has 3 aliphatic heterocycles. The second-order valence-electron chi connectivity index (χ2n) is 8.06. The number of hydrogen-bond donors (Lipinski definition) is 4. The molecule has 2 bridgehead atoms. The van der Waals surface area contributed by atoms with Gasteiger partial charge in [0.25, 0.3) is 0 Å². The van der Waals surface area contributed by atoms with E-state index in [1.54, 1.807) is 29.3 Å². The molecule has 29 heavy (non-hydrogen) atoms. The van der Waals surface area contributed by atoms with E-state index in [1.165, 1.54) is 0 Å². The molecule has 1 saturated carbocycles. The molecule has 4 N–H and O–H groups in total. The molecule has 152 valence electrons. The number of hydrogen-bond acceptors (Lipinski definition) is 6. The number of aliphatic hydroxyl groups is 1. The first kappa shape index (κ1) is 18.0. The molecule has 1 aromatic rings. The van der Waals surface area contributed by atoms with E-state index >= 15 is 0 Å². The lowest BCUT2D eigenvalue weighted by Crippen LogP contribution is -2.56. The van der Waals surface area contributed by atoms with Gasteiger partial charge in [-0.1, -0.05) is 12.1 Å². The lowest BCUT2D eigenvalue weighted by molar-refractivity contribution is -0.122. The Labute approximate surface area is 168 Å². The van der Waals surface area contributed by atoms with E-state index in [-0.39, 0.29) is 24.5 Å².